The molecule has 2 rings (SSSR count). The Labute approximate surface area is 115 Å². The second-order valence-electron chi connectivity index (χ2n) is 3.85. The minimum Gasteiger partial charge on any atom is -0.440 e. The van der Waals surface area contributed by atoms with Crippen LogP contribution in [0.3, 0.4) is 0 Å². The molecule has 0 aliphatic rings. The molecule has 5 heteroatoms. The van der Waals surface area contributed by atoms with Crippen molar-refractivity contribution in [1.29, 1.82) is 0 Å². The van der Waals surface area contributed by atoms with Crippen LogP contribution in [0.4, 0.5) is 0 Å². The van der Waals surface area contributed by atoms with Gasteiger partial charge in [-0.3, -0.25) is 4.79 Å². The van der Waals surface area contributed by atoms with Crippen LogP contribution in [-0.4, -0.2) is 5.91 Å². The van der Waals surface area contributed by atoms with Gasteiger partial charge in [-0.25, -0.2) is 0 Å². The van der Waals surface area contributed by atoms with Gasteiger partial charge < -0.3 is 9.73 Å². The fourth-order valence-electron chi connectivity index (χ4n) is 1.54. The van der Waals surface area contributed by atoms with Crippen LogP contribution in [0.1, 0.15) is 29.1 Å². The molecule has 1 amide bonds. The zero-order valence-electron chi connectivity index (χ0n) is 9.61. The topological polar surface area (TPSA) is 42.2 Å². The molecule has 1 atom stereocenters. The van der Waals surface area contributed by atoms with Crippen molar-refractivity contribution < 1.29 is 9.21 Å². The molecule has 1 N–H and O–H groups in total. The maximum atomic E-state index is 11.8. The van der Waals surface area contributed by atoms with Gasteiger partial charge >= 0.3 is 0 Å². The molecule has 0 saturated carbocycles. The van der Waals surface area contributed by atoms with Crippen LogP contribution in [0.5, 0.6) is 0 Å². The molecule has 18 heavy (non-hydrogen) atoms. The van der Waals surface area contributed by atoms with E-state index in [4.69, 9.17) is 27.6 Å². The smallest absolute Gasteiger partial charge is 0.287 e. The normalized spacial score (nSPS) is 12.2. The van der Waals surface area contributed by atoms with Crippen molar-refractivity contribution in [2.75, 3.05) is 0 Å². The van der Waals surface area contributed by atoms with Crippen molar-refractivity contribution in [2.24, 2.45) is 0 Å². The molecule has 0 unspecified atom stereocenters. The highest BCUT2D eigenvalue weighted by Crippen LogP contribution is 2.18. The molecular formula is C13H11Cl2NO2. The van der Waals surface area contributed by atoms with E-state index in [2.05, 4.69) is 5.32 Å². The lowest BCUT2D eigenvalue weighted by Crippen LogP contribution is -2.26. The molecule has 2 aromatic rings. The number of amides is 1. The van der Waals surface area contributed by atoms with Gasteiger partial charge in [0.1, 0.15) is 0 Å². The van der Waals surface area contributed by atoms with Gasteiger partial charge in [-0.2, -0.15) is 0 Å². The number of benzene rings is 1. The fraction of sp³-hybridized carbons (Fsp3) is 0.154. The number of carbonyl (C=O) groups excluding carboxylic acids is 1. The first-order chi connectivity index (χ1) is 8.56. The summed E-state index contributed by atoms with van der Waals surface area (Å²) in [6, 6.07) is 10.2. The first kappa shape index (κ1) is 13.0. The van der Waals surface area contributed by atoms with E-state index in [-0.39, 0.29) is 22.9 Å². The largest absolute Gasteiger partial charge is 0.440 e. The van der Waals surface area contributed by atoms with Gasteiger partial charge in [-0.15, -0.1) is 0 Å². The molecule has 0 aliphatic carbocycles. The SMILES string of the molecule is C[C@@H](NC(=O)c1ccc(Cl)o1)c1ccc(Cl)cc1. The number of furan rings is 1. The first-order valence-electron chi connectivity index (χ1n) is 5.38. The van der Waals surface area contributed by atoms with E-state index in [9.17, 15) is 4.79 Å². The Hall–Kier alpha value is -1.45. The fourth-order valence-corrected chi connectivity index (χ4v) is 1.81. The summed E-state index contributed by atoms with van der Waals surface area (Å²) >= 11 is 11.4. The average molecular weight is 284 g/mol. The van der Waals surface area contributed by atoms with Gasteiger partial charge in [-0.1, -0.05) is 23.7 Å². The summed E-state index contributed by atoms with van der Waals surface area (Å²) in [6.07, 6.45) is 0. The molecule has 1 heterocycles. The van der Waals surface area contributed by atoms with Gasteiger partial charge in [0.25, 0.3) is 5.91 Å². The van der Waals surface area contributed by atoms with Crippen molar-refractivity contribution in [1.82, 2.24) is 5.32 Å². The molecule has 0 saturated heterocycles. The summed E-state index contributed by atoms with van der Waals surface area (Å²) in [6.45, 7) is 1.88. The number of rotatable bonds is 3. The summed E-state index contributed by atoms with van der Waals surface area (Å²) in [5.41, 5.74) is 0.963. The second kappa shape index (κ2) is 5.46. The number of hydrogen-bond acceptors (Lipinski definition) is 2. The van der Waals surface area contributed by atoms with Crippen LogP contribution in [0.2, 0.25) is 10.2 Å². The minimum atomic E-state index is -0.302. The lowest BCUT2D eigenvalue weighted by molar-refractivity contribution is 0.0912. The molecule has 3 nitrogen and oxygen atoms in total. The lowest BCUT2D eigenvalue weighted by atomic mass is 10.1. The summed E-state index contributed by atoms with van der Waals surface area (Å²) in [4.78, 5) is 11.8. The highest BCUT2D eigenvalue weighted by atomic mass is 35.5. The van der Waals surface area contributed by atoms with Gasteiger partial charge in [0, 0.05) is 5.02 Å². The zero-order valence-corrected chi connectivity index (χ0v) is 11.1. The van der Waals surface area contributed by atoms with Gasteiger partial charge in [-0.05, 0) is 48.4 Å². The Morgan fingerprint density at radius 3 is 2.39 bits per heavy atom. The van der Waals surface area contributed by atoms with Crippen molar-refractivity contribution in [3.63, 3.8) is 0 Å². The predicted molar refractivity (Wildman–Crippen MR) is 71.1 cm³/mol. The van der Waals surface area contributed by atoms with E-state index in [1.54, 1.807) is 12.1 Å². The minimum absolute atomic E-state index is 0.140. The Kier molecular flexibility index (Phi) is 3.94. The molecule has 1 aromatic heterocycles. The van der Waals surface area contributed by atoms with Gasteiger partial charge in [0.2, 0.25) is 0 Å². The van der Waals surface area contributed by atoms with E-state index in [1.165, 1.54) is 12.1 Å². The van der Waals surface area contributed by atoms with Crippen LogP contribution < -0.4 is 5.32 Å². The first-order valence-corrected chi connectivity index (χ1v) is 6.13. The summed E-state index contributed by atoms with van der Waals surface area (Å²) in [5.74, 6) is -0.106. The monoisotopic (exact) mass is 283 g/mol. The van der Waals surface area contributed by atoms with E-state index >= 15 is 0 Å². The highest BCUT2D eigenvalue weighted by Gasteiger charge is 2.14. The molecule has 0 aliphatic heterocycles. The maximum Gasteiger partial charge on any atom is 0.287 e. The van der Waals surface area contributed by atoms with E-state index in [1.807, 2.05) is 19.1 Å². The molecule has 0 spiro atoms. The molecule has 0 fully saturated rings. The van der Waals surface area contributed by atoms with Crippen molar-refractivity contribution >= 4 is 29.1 Å². The summed E-state index contributed by atoms with van der Waals surface area (Å²) in [7, 11) is 0. The van der Waals surface area contributed by atoms with E-state index < -0.39 is 0 Å². The molecule has 94 valence electrons. The number of nitrogens with one attached hydrogen (secondary N) is 1. The Bertz CT molecular complexity index is 548. The third-order valence-corrected chi connectivity index (χ3v) is 2.97. The highest BCUT2D eigenvalue weighted by molar-refractivity contribution is 6.30. The number of halogens is 2. The Morgan fingerprint density at radius 2 is 1.83 bits per heavy atom. The Balaban J connectivity index is 2.05. The van der Waals surface area contributed by atoms with E-state index in [0.717, 1.165) is 5.56 Å². The lowest BCUT2D eigenvalue weighted by Gasteiger charge is -2.13. The Morgan fingerprint density at radius 1 is 1.17 bits per heavy atom. The standard InChI is InChI=1S/C13H11Cl2NO2/c1-8(9-2-4-10(14)5-3-9)16-13(17)11-6-7-12(15)18-11/h2-8H,1H3,(H,16,17)/t8-/m1/s1. The molecular weight excluding hydrogens is 273 g/mol. The van der Waals surface area contributed by atoms with E-state index in [0.29, 0.717) is 5.02 Å². The third kappa shape index (κ3) is 3.06. The summed E-state index contributed by atoms with van der Waals surface area (Å²) in [5, 5.41) is 3.67. The van der Waals surface area contributed by atoms with Gasteiger partial charge in [0.05, 0.1) is 6.04 Å². The van der Waals surface area contributed by atoms with Crippen molar-refractivity contribution in [3.8, 4) is 0 Å². The van der Waals surface area contributed by atoms with Crippen molar-refractivity contribution in [3.05, 3.63) is 58.0 Å². The quantitative estimate of drug-likeness (QED) is 0.922. The maximum absolute atomic E-state index is 11.8. The summed E-state index contributed by atoms with van der Waals surface area (Å²) < 4.78 is 5.03. The zero-order chi connectivity index (χ0) is 13.1. The van der Waals surface area contributed by atoms with Crippen LogP contribution in [0, 0.1) is 0 Å². The van der Waals surface area contributed by atoms with Crippen molar-refractivity contribution in [2.45, 2.75) is 13.0 Å². The molecule has 0 bridgehead atoms. The molecule has 1 aromatic carbocycles. The third-order valence-electron chi connectivity index (χ3n) is 2.51. The van der Waals surface area contributed by atoms with Crippen LogP contribution in [-0.2, 0) is 0 Å². The average Bonchev–Trinajstić information content (AvgIpc) is 2.76. The van der Waals surface area contributed by atoms with Gasteiger partial charge in [0.15, 0.2) is 11.0 Å². The van der Waals surface area contributed by atoms with Crippen LogP contribution >= 0.6 is 23.2 Å². The number of carbonyl (C=O) groups is 1. The van der Waals surface area contributed by atoms with Crippen LogP contribution in [0.25, 0.3) is 0 Å². The second-order valence-corrected chi connectivity index (χ2v) is 4.66. The van der Waals surface area contributed by atoms with Crippen LogP contribution in [0.15, 0.2) is 40.8 Å². The molecule has 0 radical (unpaired) electrons. The predicted octanol–water partition coefficient (Wildman–Crippen LogP) is 4.08. The number of hydrogen-bond donors (Lipinski definition) is 1.